The summed E-state index contributed by atoms with van der Waals surface area (Å²) in [5, 5.41) is 13.0. The third kappa shape index (κ3) is 3.52. The van der Waals surface area contributed by atoms with E-state index in [0.717, 1.165) is 47.4 Å². The molecular formula is C14H23BrN6. The molecule has 0 bridgehead atoms. The summed E-state index contributed by atoms with van der Waals surface area (Å²) in [5.41, 5.74) is 9.13. The molecule has 1 atom stereocenters. The predicted octanol–water partition coefficient (Wildman–Crippen LogP) is 2.67. The van der Waals surface area contributed by atoms with Crippen LogP contribution in [0.15, 0.2) is 10.7 Å². The van der Waals surface area contributed by atoms with Gasteiger partial charge in [-0.25, -0.2) is 4.68 Å². The van der Waals surface area contributed by atoms with Gasteiger partial charge in [0, 0.05) is 6.54 Å². The molecule has 0 fully saturated rings. The third-order valence-electron chi connectivity index (χ3n) is 3.54. The highest BCUT2D eigenvalue weighted by Crippen LogP contribution is 2.23. The second-order valence-corrected chi connectivity index (χ2v) is 5.91. The molecule has 1 unspecified atom stereocenters. The standard InChI is InChI=1S/C14H23BrN6/c1-4-7-10(16)12-8-20(19-17-12)9-13-14(15)11(5-2)18-21(13)6-3/h8,10H,4-7,9,16H2,1-3H3. The lowest BCUT2D eigenvalue weighted by molar-refractivity contribution is 0.562. The van der Waals surface area contributed by atoms with Crippen LogP contribution in [0.25, 0.3) is 0 Å². The molecule has 0 aliphatic rings. The van der Waals surface area contributed by atoms with Gasteiger partial charge in [-0.1, -0.05) is 25.5 Å². The van der Waals surface area contributed by atoms with Gasteiger partial charge in [0.25, 0.3) is 0 Å². The zero-order chi connectivity index (χ0) is 15.4. The Labute approximate surface area is 133 Å². The number of hydrogen-bond acceptors (Lipinski definition) is 4. The first-order valence-electron chi connectivity index (χ1n) is 7.50. The Kier molecular flexibility index (Phi) is 5.52. The quantitative estimate of drug-likeness (QED) is 0.829. The normalized spacial score (nSPS) is 12.8. The van der Waals surface area contributed by atoms with E-state index < -0.39 is 0 Å². The van der Waals surface area contributed by atoms with E-state index in [2.05, 4.69) is 52.1 Å². The van der Waals surface area contributed by atoms with Crippen molar-refractivity contribution in [3.8, 4) is 0 Å². The topological polar surface area (TPSA) is 74.6 Å². The number of nitrogens with zero attached hydrogens (tertiary/aromatic N) is 5. The van der Waals surface area contributed by atoms with Crippen LogP contribution in [0.1, 0.15) is 56.7 Å². The van der Waals surface area contributed by atoms with Crippen molar-refractivity contribution in [2.24, 2.45) is 5.73 Å². The summed E-state index contributed by atoms with van der Waals surface area (Å²) in [6.07, 6.45) is 4.81. The Morgan fingerprint density at radius 1 is 1.33 bits per heavy atom. The van der Waals surface area contributed by atoms with Crippen molar-refractivity contribution in [3.05, 3.63) is 27.8 Å². The Balaban J connectivity index is 2.20. The van der Waals surface area contributed by atoms with E-state index in [-0.39, 0.29) is 6.04 Å². The lowest BCUT2D eigenvalue weighted by atomic mass is 10.1. The molecule has 0 radical (unpaired) electrons. The summed E-state index contributed by atoms with van der Waals surface area (Å²) in [6.45, 7) is 7.80. The maximum Gasteiger partial charge on any atom is 0.0994 e. The lowest BCUT2D eigenvalue weighted by Crippen LogP contribution is -2.10. The number of halogens is 1. The van der Waals surface area contributed by atoms with E-state index in [0.29, 0.717) is 6.54 Å². The van der Waals surface area contributed by atoms with Crippen LogP contribution in [-0.4, -0.2) is 24.8 Å². The molecule has 2 aromatic heterocycles. The van der Waals surface area contributed by atoms with E-state index in [9.17, 15) is 0 Å². The van der Waals surface area contributed by atoms with Gasteiger partial charge in [-0.2, -0.15) is 5.10 Å². The first-order valence-corrected chi connectivity index (χ1v) is 8.29. The van der Waals surface area contributed by atoms with E-state index in [1.165, 1.54) is 0 Å². The summed E-state index contributed by atoms with van der Waals surface area (Å²) in [6, 6.07) is -0.0329. The number of rotatable bonds is 7. The lowest BCUT2D eigenvalue weighted by Gasteiger charge is -2.06. The Bertz CT molecular complexity index is 588. The fourth-order valence-corrected chi connectivity index (χ4v) is 3.03. The smallest absolute Gasteiger partial charge is 0.0994 e. The average Bonchev–Trinajstić information content (AvgIpc) is 3.06. The van der Waals surface area contributed by atoms with Crippen LogP contribution in [0.4, 0.5) is 0 Å². The van der Waals surface area contributed by atoms with Crippen molar-refractivity contribution >= 4 is 15.9 Å². The second-order valence-electron chi connectivity index (χ2n) is 5.11. The van der Waals surface area contributed by atoms with Gasteiger partial charge in [0.1, 0.15) is 0 Å². The molecule has 2 aromatic rings. The Morgan fingerprint density at radius 3 is 2.71 bits per heavy atom. The zero-order valence-electron chi connectivity index (χ0n) is 12.9. The molecule has 2 N–H and O–H groups in total. The maximum absolute atomic E-state index is 6.08. The number of hydrogen-bond donors (Lipinski definition) is 1. The molecule has 7 heteroatoms. The second kappa shape index (κ2) is 7.17. The zero-order valence-corrected chi connectivity index (χ0v) is 14.5. The van der Waals surface area contributed by atoms with Crippen molar-refractivity contribution in [1.29, 1.82) is 0 Å². The van der Waals surface area contributed by atoms with E-state index in [1.54, 1.807) is 0 Å². The highest BCUT2D eigenvalue weighted by molar-refractivity contribution is 9.10. The van der Waals surface area contributed by atoms with Gasteiger partial charge in [0.15, 0.2) is 0 Å². The van der Waals surface area contributed by atoms with Crippen LogP contribution in [0, 0.1) is 0 Å². The van der Waals surface area contributed by atoms with Gasteiger partial charge in [-0.3, -0.25) is 4.68 Å². The Morgan fingerprint density at radius 2 is 2.10 bits per heavy atom. The van der Waals surface area contributed by atoms with Gasteiger partial charge in [0.05, 0.1) is 40.3 Å². The fourth-order valence-electron chi connectivity index (χ4n) is 2.34. The number of aryl methyl sites for hydroxylation is 2. The summed E-state index contributed by atoms with van der Waals surface area (Å²) in [5.74, 6) is 0. The molecule has 0 amide bonds. The van der Waals surface area contributed by atoms with Crippen LogP contribution in [0.2, 0.25) is 0 Å². The molecule has 0 saturated heterocycles. The Hall–Kier alpha value is -1.21. The van der Waals surface area contributed by atoms with Crippen LogP contribution in [-0.2, 0) is 19.5 Å². The van der Waals surface area contributed by atoms with Crippen molar-refractivity contribution in [2.45, 2.75) is 59.2 Å². The van der Waals surface area contributed by atoms with E-state index in [4.69, 9.17) is 5.73 Å². The summed E-state index contributed by atoms with van der Waals surface area (Å²) in [4.78, 5) is 0. The molecule has 2 rings (SSSR count). The van der Waals surface area contributed by atoms with E-state index >= 15 is 0 Å². The number of aromatic nitrogens is 5. The van der Waals surface area contributed by atoms with Crippen LogP contribution in [0.5, 0.6) is 0 Å². The molecule has 0 saturated carbocycles. The molecule has 21 heavy (non-hydrogen) atoms. The molecule has 116 valence electrons. The van der Waals surface area contributed by atoms with Crippen LogP contribution < -0.4 is 5.73 Å². The largest absolute Gasteiger partial charge is 0.323 e. The van der Waals surface area contributed by atoms with Gasteiger partial charge >= 0.3 is 0 Å². The average molecular weight is 355 g/mol. The molecule has 0 aromatic carbocycles. The third-order valence-corrected chi connectivity index (χ3v) is 4.46. The van der Waals surface area contributed by atoms with Gasteiger partial charge in [-0.05, 0) is 35.7 Å². The van der Waals surface area contributed by atoms with Gasteiger partial charge in [0.2, 0.25) is 0 Å². The minimum absolute atomic E-state index is 0.0329. The highest BCUT2D eigenvalue weighted by atomic mass is 79.9. The molecule has 0 spiro atoms. The van der Waals surface area contributed by atoms with Crippen molar-refractivity contribution in [1.82, 2.24) is 24.8 Å². The van der Waals surface area contributed by atoms with Crippen LogP contribution >= 0.6 is 15.9 Å². The first-order chi connectivity index (χ1) is 10.1. The van der Waals surface area contributed by atoms with Gasteiger partial charge < -0.3 is 5.73 Å². The van der Waals surface area contributed by atoms with E-state index in [1.807, 2.05) is 15.6 Å². The molecule has 2 heterocycles. The molecule has 0 aliphatic carbocycles. The summed E-state index contributed by atoms with van der Waals surface area (Å²) < 4.78 is 4.91. The minimum Gasteiger partial charge on any atom is -0.323 e. The number of nitrogens with two attached hydrogens (primary N) is 1. The monoisotopic (exact) mass is 354 g/mol. The highest BCUT2D eigenvalue weighted by Gasteiger charge is 2.16. The van der Waals surface area contributed by atoms with Crippen molar-refractivity contribution in [2.75, 3.05) is 0 Å². The van der Waals surface area contributed by atoms with Crippen molar-refractivity contribution in [3.63, 3.8) is 0 Å². The van der Waals surface area contributed by atoms with Crippen molar-refractivity contribution < 1.29 is 0 Å². The van der Waals surface area contributed by atoms with Crippen LogP contribution in [0.3, 0.4) is 0 Å². The SMILES string of the molecule is CCCC(N)c1cn(Cc2c(Br)c(CC)nn2CC)nn1. The summed E-state index contributed by atoms with van der Waals surface area (Å²) >= 11 is 3.65. The maximum atomic E-state index is 6.08. The first kappa shape index (κ1) is 16.2. The molecule has 6 nitrogen and oxygen atoms in total. The summed E-state index contributed by atoms with van der Waals surface area (Å²) in [7, 11) is 0. The minimum atomic E-state index is -0.0329. The molecule has 0 aliphatic heterocycles. The molecular weight excluding hydrogens is 332 g/mol. The van der Waals surface area contributed by atoms with Gasteiger partial charge in [-0.15, -0.1) is 5.10 Å². The predicted molar refractivity (Wildman–Crippen MR) is 85.9 cm³/mol. The fraction of sp³-hybridized carbons (Fsp3) is 0.643.